The monoisotopic (exact) mass is 231 g/mol. The average molecular weight is 232 g/mol. The molecule has 0 aliphatic heterocycles. The largest absolute Gasteiger partial charge is 0.496 e. The molecule has 1 rings (SSSR count). The minimum atomic E-state index is 0.272. The summed E-state index contributed by atoms with van der Waals surface area (Å²) in [5.41, 5.74) is 3.67. The van der Waals surface area contributed by atoms with E-state index in [4.69, 9.17) is 26.3 Å². The Morgan fingerprint density at radius 1 is 1.33 bits per heavy atom. The van der Waals surface area contributed by atoms with Gasteiger partial charge in [0.15, 0.2) is 0 Å². The van der Waals surface area contributed by atoms with Gasteiger partial charge in [-0.3, -0.25) is 0 Å². The van der Waals surface area contributed by atoms with Crippen LogP contribution in [0.4, 0.5) is 0 Å². The predicted octanol–water partition coefficient (Wildman–Crippen LogP) is 2.14. The van der Waals surface area contributed by atoms with Gasteiger partial charge in [-0.1, -0.05) is 11.6 Å². The van der Waals surface area contributed by atoms with Gasteiger partial charge in [0.25, 0.3) is 0 Å². The Kier molecular flexibility index (Phi) is 4.20. The highest BCUT2D eigenvalue weighted by molar-refractivity contribution is 6.32. The first kappa shape index (κ1) is 12.1. The SMILES string of the molecule is COc1c(Cl)cc(CNO)c(OC)c1C. The number of nitrogens with one attached hydrogen (secondary N) is 1. The summed E-state index contributed by atoms with van der Waals surface area (Å²) in [6.45, 7) is 2.12. The molecule has 0 bridgehead atoms. The molecule has 0 aromatic heterocycles. The van der Waals surface area contributed by atoms with Gasteiger partial charge in [0, 0.05) is 17.7 Å². The molecule has 15 heavy (non-hydrogen) atoms. The number of hydroxylamine groups is 1. The number of benzene rings is 1. The highest BCUT2D eigenvalue weighted by Crippen LogP contribution is 2.37. The van der Waals surface area contributed by atoms with Crippen LogP contribution in [-0.2, 0) is 6.54 Å². The van der Waals surface area contributed by atoms with Crippen molar-refractivity contribution in [3.8, 4) is 11.5 Å². The molecular weight excluding hydrogens is 218 g/mol. The van der Waals surface area contributed by atoms with Crippen LogP contribution in [0.5, 0.6) is 11.5 Å². The number of hydrogen-bond acceptors (Lipinski definition) is 4. The third-order valence-corrected chi connectivity index (χ3v) is 2.45. The Hall–Kier alpha value is -0.970. The molecule has 0 aliphatic rings. The van der Waals surface area contributed by atoms with Crippen molar-refractivity contribution in [1.82, 2.24) is 5.48 Å². The van der Waals surface area contributed by atoms with Gasteiger partial charge in [0.05, 0.1) is 19.2 Å². The maximum absolute atomic E-state index is 8.67. The van der Waals surface area contributed by atoms with E-state index < -0.39 is 0 Å². The minimum Gasteiger partial charge on any atom is -0.496 e. The lowest BCUT2D eigenvalue weighted by Gasteiger charge is -2.15. The summed E-state index contributed by atoms with van der Waals surface area (Å²) >= 11 is 6.01. The number of hydrogen-bond donors (Lipinski definition) is 2. The summed E-state index contributed by atoms with van der Waals surface area (Å²) in [6, 6.07) is 1.70. The fraction of sp³-hybridized carbons (Fsp3) is 0.400. The van der Waals surface area contributed by atoms with Gasteiger partial charge in [0.1, 0.15) is 11.5 Å². The Labute approximate surface area is 93.7 Å². The van der Waals surface area contributed by atoms with Crippen LogP contribution in [0.1, 0.15) is 11.1 Å². The fourth-order valence-electron chi connectivity index (χ4n) is 1.56. The van der Waals surface area contributed by atoms with Crippen molar-refractivity contribution in [3.63, 3.8) is 0 Å². The Morgan fingerprint density at radius 3 is 2.40 bits per heavy atom. The molecule has 0 spiro atoms. The van der Waals surface area contributed by atoms with E-state index in [9.17, 15) is 0 Å². The average Bonchev–Trinajstić information content (AvgIpc) is 2.19. The molecule has 0 radical (unpaired) electrons. The van der Waals surface area contributed by atoms with Gasteiger partial charge in [-0.15, -0.1) is 0 Å². The molecule has 0 amide bonds. The first-order valence-electron chi connectivity index (χ1n) is 4.42. The summed E-state index contributed by atoms with van der Waals surface area (Å²) in [5.74, 6) is 1.26. The van der Waals surface area contributed by atoms with Crippen LogP contribution in [0.3, 0.4) is 0 Å². The van der Waals surface area contributed by atoms with Gasteiger partial charge in [0.2, 0.25) is 0 Å². The van der Waals surface area contributed by atoms with Crippen LogP contribution < -0.4 is 15.0 Å². The summed E-state index contributed by atoms with van der Waals surface area (Å²) < 4.78 is 10.4. The van der Waals surface area contributed by atoms with Crippen LogP contribution >= 0.6 is 11.6 Å². The maximum Gasteiger partial charge on any atom is 0.144 e. The van der Waals surface area contributed by atoms with E-state index in [1.807, 2.05) is 6.92 Å². The highest BCUT2D eigenvalue weighted by Gasteiger charge is 2.14. The first-order valence-corrected chi connectivity index (χ1v) is 4.80. The molecule has 0 saturated heterocycles. The molecule has 1 aromatic carbocycles. The first-order chi connectivity index (χ1) is 7.15. The second-order valence-electron chi connectivity index (χ2n) is 3.04. The molecule has 4 nitrogen and oxygen atoms in total. The van der Waals surface area contributed by atoms with E-state index in [0.29, 0.717) is 16.5 Å². The van der Waals surface area contributed by atoms with Gasteiger partial charge in [-0.25, -0.2) is 5.48 Å². The van der Waals surface area contributed by atoms with Crippen molar-refractivity contribution in [1.29, 1.82) is 0 Å². The minimum absolute atomic E-state index is 0.272. The summed E-state index contributed by atoms with van der Waals surface area (Å²) in [4.78, 5) is 0. The van der Waals surface area contributed by atoms with Gasteiger partial charge in [-0.2, -0.15) is 0 Å². The lowest BCUT2D eigenvalue weighted by atomic mass is 10.1. The maximum atomic E-state index is 8.67. The van der Waals surface area contributed by atoms with E-state index in [1.54, 1.807) is 20.3 Å². The molecule has 1 aromatic rings. The molecule has 0 fully saturated rings. The van der Waals surface area contributed by atoms with Crippen molar-refractivity contribution >= 4 is 11.6 Å². The van der Waals surface area contributed by atoms with Gasteiger partial charge >= 0.3 is 0 Å². The van der Waals surface area contributed by atoms with Crippen molar-refractivity contribution < 1.29 is 14.7 Å². The van der Waals surface area contributed by atoms with Crippen molar-refractivity contribution in [3.05, 3.63) is 22.2 Å². The lowest BCUT2D eigenvalue weighted by Crippen LogP contribution is -2.09. The highest BCUT2D eigenvalue weighted by atomic mass is 35.5. The van der Waals surface area contributed by atoms with Crippen molar-refractivity contribution in [2.75, 3.05) is 14.2 Å². The summed E-state index contributed by atoms with van der Waals surface area (Å²) in [6.07, 6.45) is 0. The second kappa shape index (κ2) is 5.21. The van der Waals surface area contributed by atoms with E-state index in [0.717, 1.165) is 11.1 Å². The van der Waals surface area contributed by atoms with Crippen molar-refractivity contribution in [2.24, 2.45) is 0 Å². The second-order valence-corrected chi connectivity index (χ2v) is 3.45. The molecule has 0 unspecified atom stereocenters. The number of rotatable bonds is 4. The third-order valence-electron chi connectivity index (χ3n) is 2.17. The molecule has 0 atom stereocenters. The number of methoxy groups -OCH3 is 2. The van der Waals surface area contributed by atoms with E-state index >= 15 is 0 Å². The zero-order valence-corrected chi connectivity index (χ0v) is 9.68. The van der Waals surface area contributed by atoms with Crippen LogP contribution in [0.15, 0.2) is 6.07 Å². The Bertz CT molecular complexity index is 355. The number of halogens is 1. The zero-order valence-electron chi connectivity index (χ0n) is 8.93. The normalized spacial score (nSPS) is 10.2. The van der Waals surface area contributed by atoms with Crippen LogP contribution in [0.25, 0.3) is 0 Å². The van der Waals surface area contributed by atoms with Crippen LogP contribution in [0, 0.1) is 6.92 Å². The Balaban J connectivity index is 3.30. The molecule has 0 heterocycles. The van der Waals surface area contributed by atoms with Gasteiger partial charge < -0.3 is 14.7 Å². The molecule has 84 valence electrons. The molecule has 0 aliphatic carbocycles. The zero-order chi connectivity index (χ0) is 11.4. The van der Waals surface area contributed by atoms with E-state index in [1.165, 1.54) is 0 Å². The molecule has 5 heteroatoms. The van der Waals surface area contributed by atoms with Crippen LogP contribution in [-0.4, -0.2) is 19.4 Å². The quantitative estimate of drug-likeness (QED) is 0.780. The molecule has 0 saturated carbocycles. The standard InChI is InChI=1S/C10H14ClNO3/c1-6-9(14-2)7(5-12-13)4-8(11)10(6)15-3/h4,12-13H,5H2,1-3H3. The summed E-state index contributed by atoms with van der Waals surface area (Å²) in [5, 5.41) is 9.17. The topological polar surface area (TPSA) is 50.7 Å². The lowest BCUT2D eigenvalue weighted by molar-refractivity contribution is 0.160. The number of ether oxygens (including phenoxy) is 2. The summed E-state index contributed by atoms with van der Waals surface area (Å²) in [7, 11) is 3.12. The third kappa shape index (κ3) is 2.34. The fourth-order valence-corrected chi connectivity index (χ4v) is 1.91. The van der Waals surface area contributed by atoms with Crippen molar-refractivity contribution in [2.45, 2.75) is 13.5 Å². The smallest absolute Gasteiger partial charge is 0.144 e. The predicted molar refractivity (Wildman–Crippen MR) is 57.9 cm³/mol. The molecule has 2 N–H and O–H groups in total. The Morgan fingerprint density at radius 2 is 1.93 bits per heavy atom. The van der Waals surface area contributed by atoms with Crippen LogP contribution in [0.2, 0.25) is 5.02 Å². The van der Waals surface area contributed by atoms with Gasteiger partial charge in [-0.05, 0) is 13.0 Å². The van der Waals surface area contributed by atoms with E-state index in [-0.39, 0.29) is 6.54 Å². The van der Waals surface area contributed by atoms with E-state index in [2.05, 4.69) is 5.48 Å². The molecular formula is C10H14ClNO3.